The summed E-state index contributed by atoms with van der Waals surface area (Å²) in [6.45, 7) is 0.421. The van der Waals surface area contributed by atoms with E-state index in [2.05, 4.69) is 11.2 Å². The molecule has 2 amide bonds. The first kappa shape index (κ1) is 9.91. The van der Waals surface area contributed by atoms with Gasteiger partial charge in [0, 0.05) is 13.1 Å². The second kappa shape index (κ2) is 4.76. The zero-order chi connectivity index (χ0) is 9.68. The van der Waals surface area contributed by atoms with Crippen molar-refractivity contribution in [2.45, 2.75) is 31.7 Å². The van der Waals surface area contributed by atoms with Crippen molar-refractivity contribution in [3.05, 3.63) is 0 Å². The van der Waals surface area contributed by atoms with Crippen LogP contribution in [0.5, 0.6) is 0 Å². The third-order valence-corrected chi connectivity index (χ3v) is 2.50. The van der Waals surface area contributed by atoms with Gasteiger partial charge in [0.1, 0.15) is 0 Å². The number of terminal acetylenes is 1. The Bertz CT molecular complexity index is 213. The van der Waals surface area contributed by atoms with Crippen LogP contribution in [-0.2, 0) is 0 Å². The van der Waals surface area contributed by atoms with Gasteiger partial charge in [0.05, 0.1) is 6.54 Å². The summed E-state index contributed by atoms with van der Waals surface area (Å²) in [5.41, 5.74) is 0. The lowest BCUT2D eigenvalue weighted by molar-refractivity contribution is 0.186. The maximum atomic E-state index is 11.4. The van der Waals surface area contributed by atoms with Gasteiger partial charge in [0.15, 0.2) is 0 Å². The molecule has 0 atom stereocenters. The van der Waals surface area contributed by atoms with Gasteiger partial charge in [-0.2, -0.15) is 0 Å². The number of amides is 2. The highest BCUT2D eigenvalue weighted by molar-refractivity contribution is 5.74. The van der Waals surface area contributed by atoms with E-state index in [9.17, 15) is 4.79 Å². The molecule has 1 aliphatic carbocycles. The van der Waals surface area contributed by atoms with E-state index in [1.165, 1.54) is 12.8 Å². The second-order valence-electron chi connectivity index (χ2n) is 3.33. The molecule has 1 rings (SSSR count). The summed E-state index contributed by atoms with van der Waals surface area (Å²) in [5, 5.41) is 2.62. The number of carbonyl (C=O) groups is 1. The van der Waals surface area contributed by atoms with E-state index in [-0.39, 0.29) is 6.03 Å². The van der Waals surface area contributed by atoms with Crippen LogP contribution >= 0.6 is 0 Å². The normalized spacial score (nSPS) is 16.6. The van der Waals surface area contributed by atoms with Gasteiger partial charge in [0.25, 0.3) is 0 Å². The molecule has 0 saturated heterocycles. The van der Waals surface area contributed by atoms with Crippen molar-refractivity contribution in [1.82, 2.24) is 10.2 Å². The topological polar surface area (TPSA) is 32.3 Å². The molecule has 0 spiro atoms. The minimum Gasteiger partial charge on any atom is -0.341 e. The molecular formula is C10H16N2O. The number of rotatable bonds is 2. The molecule has 1 aliphatic rings. The molecule has 0 radical (unpaired) electrons. The molecule has 0 bridgehead atoms. The Balaban J connectivity index is 2.55. The van der Waals surface area contributed by atoms with Gasteiger partial charge in [0.2, 0.25) is 0 Å². The van der Waals surface area contributed by atoms with Crippen molar-refractivity contribution in [2.75, 3.05) is 13.6 Å². The Hall–Kier alpha value is -1.17. The monoisotopic (exact) mass is 180 g/mol. The zero-order valence-electron chi connectivity index (χ0n) is 8.05. The predicted molar refractivity (Wildman–Crippen MR) is 52.3 cm³/mol. The van der Waals surface area contributed by atoms with Gasteiger partial charge < -0.3 is 10.2 Å². The van der Waals surface area contributed by atoms with Crippen LogP contribution in [0, 0.1) is 12.3 Å². The molecule has 3 nitrogen and oxygen atoms in total. The van der Waals surface area contributed by atoms with Crippen LogP contribution in [-0.4, -0.2) is 30.6 Å². The second-order valence-corrected chi connectivity index (χ2v) is 3.33. The Morgan fingerprint density at radius 3 is 2.69 bits per heavy atom. The Labute approximate surface area is 79.5 Å². The van der Waals surface area contributed by atoms with Crippen molar-refractivity contribution in [3.63, 3.8) is 0 Å². The Morgan fingerprint density at radius 2 is 2.23 bits per heavy atom. The molecule has 1 fully saturated rings. The minimum atomic E-state index is -0.0511. The summed E-state index contributed by atoms with van der Waals surface area (Å²) in [7, 11) is 1.64. The fraction of sp³-hybridized carbons (Fsp3) is 0.700. The molecule has 72 valence electrons. The Kier molecular flexibility index (Phi) is 3.63. The number of nitrogens with one attached hydrogen (secondary N) is 1. The van der Waals surface area contributed by atoms with Crippen LogP contribution in [0.25, 0.3) is 0 Å². The molecule has 0 unspecified atom stereocenters. The molecule has 0 aromatic rings. The first-order valence-electron chi connectivity index (χ1n) is 4.71. The van der Waals surface area contributed by atoms with E-state index in [4.69, 9.17) is 6.42 Å². The van der Waals surface area contributed by atoms with E-state index in [0.29, 0.717) is 12.6 Å². The van der Waals surface area contributed by atoms with E-state index >= 15 is 0 Å². The number of carbonyl (C=O) groups excluding carboxylic acids is 1. The lowest BCUT2D eigenvalue weighted by Gasteiger charge is -2.26. The summed E-state index contributed by atoms with van der Waals surface area (Å²) in [4.78, 5) is 13.2. The van der Waals surface area contributed by atoms with Crippen LogP contribution in [0.15, 0.2) is 0 Å². The van der Waals surface area contributed by atoms with Crippen molar-refractivity contribution < 1.29 is 4.79 Å². The van der Waals surface area contributed by atoms with Crippen molar-refractivity contribution in [3.8, 4) is 12.3 Å². The average Bonchev–Trinajstić information content (AvgIpc) is 2.65. The summed E-state index contributed by atoms with van der Waals surface area (Å²) >= 11 is 0. The fourth-order valence-electron chi connectivity index (χ4n) is 1.82. The van der Waals surface area contributed by atoms with Crippen LogP contribution in [0.4, 0.5) is 4.79 Å². The highest BCUT2D eigenvalue weighted by atomic mass is 16.2. The third kappa shape index (κ3) is 2.38. The highest BCUT2D eigenvalue weighted by Crippen LogP contribution is 2.23. The van der Waals surface area contributed by atoms with E-state index < -0.39 is 0 Å². The van der Waals surface area contributed by atoms with E-state index in [1.54, 1.807) is 11.9 Å². The van der Waals surface area contributed by atoms with Crippen LogP contribution in [0.1, 0.15) is 25.7 Å². The number of nitrogens with zero attached hydrogens (tertiary/aromatic N) is 1. The molecule has 0 aromatic carbocycles. The molecule has 0 heterocycles. The molecule has 1 saturated carbocycles. The fourth-order valence-corrected chi connectivity index (χ4v) is 1.82. The van der Waals surface area contributed by atoms with Crippen LogP contribution in [0.3, 0.4) is 0 Å². The van der Waals surface area contributed by atoms with Crippen molar-refractivity contribution in [1.29, 1.82) is 0 Å². The summed E-state index contributed by atoms with van der Waals surface area (Å²) in [5.74, 6) is 2.52. The van der Waals surface area contributed by atoms with Crippen molar-refractivity contribution >= 4 is 6.03 Å². The molecule has 3 heteroatoms. The largest absolute Gasteiger partial charge is 0.341 e. The van der Waals surface area contributed by atoms with E-state index in [1.807, 2.05) is 0 Å². The smallest absolute Gasteiger partial charge is 0.318 e. The highest BCUT2D eigenvalue weighted by Gasteiger charge is 2.24. The summed E-state index contributed by atoms with van der Waals surface area (Å²) in [6, 6.07) is 0.306. The molecule has 0 aliphatic heterocycles. The quantitative estimate of drug-likeness (QED) is 0.636. The summed E-state index contributed by atoms with van der Waals surface area (Å²) in [6.07, 6.45) is 9.82. The molecule has 0 aromatic heterocycles. The lowest BCUT2D eigenvalue weighted by atomic mass is 10.2. The van der Waals surface area contributed by atoms with Crippen molar-refractivity contribution in [2.24, 2.45) is 0 Å². The summed E-state index contributed by atoms with van der Waals surface area (Å²) < 4.78 is 0. The molecule has 13 heavy (non-hydrogen) atoms. The van der Waals surface area contributed by atoms with Gasteiger partial charge in [-0.1, -0.05) is 18.8 Å². The van der Waals surface area contributed by atoms with Gasteiger partial charge in [-0.25, -0.2) is 4.79 Å². The third-order valence-electron chi connectivity index (χ3n) is 2.50. The van der Waals surface area contributed by atoms with Gasteiger partial charge >= 0.3 is 6.03 Å². The first-order chi connectivity index (χ1) is 6.29. The Morgan fingerprint density at radius 1 is 1.62 bits per heavy atom. The van der Waals surface area contributed by atoms with Crippen LogP contribution in [0.2, 0.25) is 0 Å². The van der Waals surface area contributed by atoms with E-state index in [0.717, 1.165) is 12.8 Å². The minimum absolute atomic E-state index is 0.0511. The van der Waals surface area contributed by atoms with Gasteiger partial charge in [-0.05, 0) is 12.8 Å². The molecular weight excluding hydrogens is 164 g/mol. The predicted octanol–water partition coefficient (Wildman–Crippen LogP) is 1.20. The first-order valence-corrected chi connectivity index (χ1v) is 4.71. The lowest BCUT2D eigenvalue weighted by Crippen LogP contribution is -2.44. The standard InChI is InChI=1S/C10H16N2O/c1-3-8-12(10(13)11-2)9-6-4-5-7-9/h1,9H,4-8H2,2H3,(H,11,13). The molecule has 1 N–H and O–H groups in total. The SMILES string of the molecule is C#CCN(C(=O)NC)C1CCCC1. The number of hydrogen-bond donors (Lipinski definition) is 1. The van der Waals surface area contributed by atoms with Crippen LogP contribution < -0.4 is 5.32 Å². The van der Waals surface area contributed by atoms with Gasteiger partial charge in [-0.3, -0.25) is 0 Å². The number of urea groups is 1. The number of hydrogen-bond acceptors (Lipinski definition) is 1. The maximum Gasteiger partial charge on any atom is 0.318 e. The van der Waals surface area contributed by atoms with Gasteiger partial charge in [-0.15, -0.1) is 6.42 Å². The zero-order valence-corrected chi connectivity index (χ0v) is 8.05. The maximum absolute atomic E-state index is 11.4. The average molecular weight is 180 g/mol.